The highest BCUT2D eigenvalue weighted by molar-refractivity contribution is 7.92. The van der Waals surface area contributed by atoms with Crippen LogP contribution in [0.2, 0.25) is 10.0 Å². The van der Waals surface area contributed by atoms with E-state index in [1.54, 1.807) is 12.1 Å². The molecule has 1 aromatic heterocycles. The fourth-order valence-corrected chi connectivity index (χ4v) is 5.39. The molecule has 38 heavy (non-hydrogen) atoms. The minimum Gasteiger partial charge on any atom is -0.494 e. The summed E-state index contributed by atoms with van der Waals surface area (Å²) >= 11 is 12.4. The minimum atomic E-state index is -4.62. The van der Waals surface area contributed by atoms with E-state index in [1.807, 2.05) is 19.1 Å². The third-order valence-electron chi connectivity index (χ3n) is 5.35. The zero-order valence-corrected chi connectivity index (χ0v) is 22.1. The van der Waals surface area contributed by atoms with Crippen LogP contribution in [0.15, 0.2) is 76.0 Å². The van der Waals surface area contributed by atoms with E-state index in [9.17, 15) is 21.6 Å². The SMILES string of the molecule is CCOc1ccc(Cc2nnc(CN(c3cccc(Cl)c3Cl)S(=O)(=O)c3ccc(C(F)(F)F)cc3)o2)cc1. The normalized spacial score (nSPS) is 11.9. The maximum Gasteiger partial charge on any atom is 0.416 e. The van der Waals surface area contributed by atoms with Gasteiger partial charge in [-0.1, -0.05) is 41.4 Å². The summed E-state index contributed by atoms with van der Waals surface area (Å²) < 4.78 is 78.2. The Labute approximate surface area is 226 Å². The van der Waals surface area contributed by atoms with Crippen LogP contribution in [0.1, 0.15) is 29.8 Å². The fraction of sp³-hybridized carbons (Fsp3) is 0.200. The molecule has 0 amide bonds. The van der Waals surface area contributed by atoms with Crippen LogP contribution in [0.25, 0.3) is 0 Å². The van der Waals surface area contributed by atoms with Crippen molar-refractivity contribution in [1.82, 2.24) is 10.2 Å². The van der Waals surface area contributed by atoms with Gasteiger partial charge in [0.2, 0.25) is 11.8 Å². The van der Waals surface area contributed by atoms with Crippen molar-refractivity contribution in [1.29, 1.82) is 0 Å². The number of nitrogens with zero attached hydrogens (tertiary/aromatic N) is 3. The molecule has 0 unspecified atom stereocenters. The van der Waals surface area contributed by atoms with Crippen LogP contribution >= 0.6 is 23.2 Å². The standard InChI is InChI=1S/C25H20Cl2F3N3O4S/c1-2-36-18-10-6-16(7-11-18)14-22-31-32-23(37-22)15-33(21-5-3-4-20(26)24(21)27)38(34,35)19-12-8-17(9-13-19)25(28,29)30/h3-13H,2,14-15H2,1H3. The Balaban J connectivity index is 1.65. The molecule has 0 radical (unpaired) electrons. The molecule has 1 heterocycles. The van der Waals surface area contributed by atoms with Crippen molar-refractivity contribution >= 4 is 38.9 Å². The van der Waals surface area contributed by atoms with Crippen LogP contribution < -0.4 is 9.04 Å². The van der Waals surface area contributed by atoms with Gasteiger partial charge >= 0.3 is 6.18 Å². The lowest BCUT2D eigenvalue weighted by atomic mass is 10.1. The first-order chi connectivity index (χ1) is 18.0. The molecule has 0 saturated heterocycles. The van der Waals surface area contributed by atoms with Crippen LogP contribution in [0, 0.1) is 0 Å². The van der Waals surface area contributed by atoms with Crippen molar-refractivity contribution < 1.29 is 30.7 Å². The topological polar surface area (TPSA) is 85.5 Å². The molecule has 4 aromatic rings. The van der Waals surface area contributed by atoms with Gasteiger partial charge in [-0.2, -0.15) is 13.2 Å². The summed E-state index contributed by atoms with van der Waals surface area (Å²) in [5, 5.41) is 7.97. The molecular weight excluding hydrogens is 566 g/mol. The van der Waals surface area contributed by atoms with E-state index in [0.29, 0.717) is 24.5 Å². The number of benzene rings is 3. The number of alkyl halides is 3. The summed E-state index contributed by atoms with van der Waals surface area (Å²) in [6, 6.07) is 14.8. The number of hydrogen-bond donors (Lipinski definition) is 0. The van der Waals surface area contributed by atoms with Crippen molar-refractivity contribution in [2.24, 2.45) is 0 Å². The zero-order chi connectivity index (χ0) is 27.5. The fourth-order valence-electron chi connectivity index (χ4n) is 3.52. The van der Waals surface area contributed by atoms with Crippen molar-refractivity contribution in [3.63, 3.8) is 0 Å². The number of sulfonamides is 1. The van der Waals surface area contributed by atoms with E-state index in [4.69, 9.17) is 32.4 Å². The molecule has 4 rings (SSSR count). The van der Waals surface area contributed by atoms with Crippen LogP contribution in [-0.2, 0) is 29.2 Å². The first-order valence-corrected chi connectivity index (χ1v) is 13.4. The number of halogens is 5. The van der Waals surface area contributed by atoms with Gasteiger partial charge in [0.15, 0.2) is 0 Å². The third kappa shape index (κ3) is 6.23. The maximum absolute atomic E-state index is 13.6. The summed E-state index contributed by atoms with van der Waals surface area (Å²) in [7, 11) is -4.43. The number of anilines is 1. The van der Waals surface area contributed by atoms with Gasteiger partial charge in [-0.15, -0.1) is 10.2 Å². The van der Waals surface area contributed by atoms with E-state index < -0.39 is 33.2 Å². The first-order valence-electron chi connectivity index (χ1n) is 11.2. The maximum atomic E-state index is 13.6. The minimum absolute atomic E-state index is 0.00896. The third-order valence-corrected chi connectivity index (χ3v) is 7.93. The van der Waals surface area contributed by atoms with Crippen LogP contribution in [-0.4, -0.2) is 25.2 Å². The highest BCUT2D eigenvalue weighted by atomic mass is 35.5. The van der Waals surface area contributed by atoms with Gasteiger partial charge in [-0.3, -0.25) is 4.31 Å². The zero-order valence-electron chi connectivity index (χ0n) is 19.7. The van der Waals surface area contributed by atoms with E-state index in [0.717, 1.165) is 22.0 Å². The second-order valence-electron chi connectivity index (χ2n) is 7.95. The quantitative estimate of drug-likeness (QED) is 0.215. The highest BCUT2D eigenvalue weighted by Gasteiger charge is 2.33. The molecule has 0 spiro atoms. The lowest BCUT2D eigenvalue weighted by molar-refractivity contribution is -0.137. The van der Waals surface area contributed by atoms with Gasteiger partial charge in [-0.25, -0.2) is 8.42 Å². The molecule has 3 aromatic carbocycles. The summed E-state index contributed by atoms with van der Waals surface area (Å²) in [6.07, 6.45) is -4.34. The Morgan fingerprint density at radius 1 is 0.947 bits per heavy atom. The van der Waals surface area contributed by atoms with Crippen molar-refractivity contribution in [2.45, 2.75) is 31.0 Å². The predicted octanol–water partition coefficient (Wildman–Crippen LogP) is 6.78. The Bertz CT molecular complexity index is 1510. The monoisotopic (exact) mass is 585 g/mol. The molecule has 0 saturated carbocycles. The largest absolute Gasteiger partial charge is 0.494 e. The molecular formula is C25H20Cl2F3N3O4S. The summed E-state index contributed by atoms with van der Waals surface area (Å²) in [4.78, 5) is -0.393. The number of hydrogen-bond acceptors (Lipinski definition) is 6. The average molecular weight is 586 g/mol. The first kappa shape index (κ1) is 27.7. The predicted molar refractivity (Wildman–Crippen MR) is 136 cm³/mol. The molecule has 0 aliphatic carbocycles. The van der Waals surface area contributed by atoms with E-state index in [-0.39, 0.29) is 33.9 Å². The molecule has 0 fully saturated rings. The Morgan fingerprint density at radius 3 is 2.24 bits per heavy atom. The number of aromatic nitrogens is 2. The van der Waals surface area contributed by atoms with Gasteiger partial charge in [0.05, 0.1) is 39.2 Å². The smallest absolute Gasteiger partial charge is 0.416 e. The second kappa shape index (κ2) is 11.2. The van der Waals surface area contributed by atoms with Gasteiger partial charge in [-0.05, 0) is 61.0 Å². The summed E-state index contributed by atoms with van der Waals surface area (Å²) in [5.74, 6) is 0.885. The number of rotatable bonds is 9. The lowest BCUT2D eigenvalue weighted by Crippen LogP contribution is -2.31. The van der Waals surface area contributed by atoms with Gasteiger partial charge in [0, 0.05) is 0 Å². The van der Waals surface area contributed by atoms with Gasteiger partial charge in [0.25, 0.3) is 10.0 Å². The summed E-state index contributed by atoms with van der Waals surface area (Å²) in [6.45, 7) is 1.97. The molecule has 13 heteroatoms. The molecule has 0 atom stereocenters. The Morgan fingerprint density at radius 2 is 1.61 bits per heavy atom. The molecule has 0 aliphatic rings. The number of ether oxygens (including phenoxy) is 1. The molecule has 0 N–H and O–H groups in total. The van der Waals surface area contributed by atoms with E-state index in [1.165, 1.54) is 18.2 Å². The van der Waals surface area contributed by atoms with Gasteiger partial charge < -0.3 is 9.15 Å². The van der Waals surface area contributed by atoms with E-state index >= 15 is 0 Å². The molecule has 0 aliphatic heterocycles. The Kier molecular flexibility index (Phi) is 8.19. The average Bonchev–Trinajstić information content (AvgIpc) is 3.32. The van der Waals surface area contributed by atoms with Crippen LogP contribution in [0.5, 0.6) is 5.75 Å². The lowest BCUT2D eigenvalue weighted by Gasteiger charge is -2.24. The Hall–Kier alpha value is -3.28. The van der Waals surface area contributed by atoms with Crippen LogP contribution in [0.3, 0.4) is 0 Å². The van der Waals surface area contributed by atoms with E-state index in [2.05, 4.69) is 10.2 Å². The van der Waals surface area contributed by atoms with Crippen molar-refractivity contribution in [2.75, 3.05) is 10.9 Å². The van der Waals surface area contributed by atoms with Crippen molar-refractivity contribution in [3.05, 3.63) is 99.7 Å². The second-order valence-corrected chi connectivity index (χ2v) is 10.6. The van der Waals surface area contributed by atoms with Crippen molar-refractivity contribution in [3.8, 4) is 5.75 Å². The van der Waals surface area contributed by atoms with Gasteiger partial charge in [0.1, 0.15) is 12.3 Å². The molecule has 7 nitrogen and oxygen atoms in total. The molecule has 200 valence electrons. The molecule has 0 bridgehead atoms. The highest BCUT2D eigenvalue weighted by Crippen LogP contribution is 2.37. The summed E-state index contributed by atoms with van der Waals surface area (Å²) in [5.41, 5.74) is -0.138. The van der Waals surface area contributed by atoms with Crippen LogP contribution in [0.4, 0.5) is 18.9 Å².